The van der Waals surface area contributed by atoms with Gasteiger partial charge in [-0.25, -0.2) is 0 Å². The average molecular weight is 573 g/mol. The van der Waals surface area contributed by atoms with E-state index in [-0.39, 0.29) is 0 Å². The first-order chi connectivity index (χ1) is 32.2. The quantitative estimate of drug-likeness (QED) is 0.192. The van der Waals surface area contributed by atoms with Gasteiger partial charge in [0.2, 0.25) is 0 Å². The summed E-state index contributed by atoms with van der Waals surface area (Å²) < 4.78 is 238. The third-order valence-corrected chi connectivity index (χ3v) is 6.95. The summed E-state index contributed by atoms with van der Waals surface area (Å²) in [6.07, 6.45) is 0. The SMILES string of the molecule is [2H]c1c([2H])c([2H])c(-c2c3c([2H])c([2H])c([2H])c([2H])c3c(-c3c([2H])c([2H])c4c(oc5c([2H])c([2H])c([2H])c([2H])c54)c3[2H])c3c([2H])c(-c4c([2H])c([2H])c([2H])c5c([2H])c([2H])c([2H])c([2H])c45)c([2H])c([2H])c23)c([2H])c1[2H]. The Kier molecular flexibility index (Phi) is 2.13. The van der Waals surface area contributed by atoms with Crippen molar-refractivity contribution in [2.45, 2.75) is 0 Å². The smallest absolute Gasteiger partial charge is 0.136 e. The van der Waals surface area contributed by atoms with E-state index < -0.39 is 245 Å². The molecular formula is C42H26O. The van der Waals surface area contributed by atoms with Crippen molar-refractivity contribution >= 4 is 54.3 Å². The molecule has 0 saturated carbocycles. The zero-order valence-corrected chi connectivity index (χ0v) is 21.4. The molecule has 1 heterocycles. The maximum absolute atomic E-state index is 10.1. The molecule has 0 fully saturated rings. The van der Waals surface area contributed by atoms with Crippen molar-refractivity contribution in [1.82, 2.24) is 0 Å². The predicted octanol–water partition coefficient (Wildman–Crippen LogP) is 12.0. The van der Waals surface area contributed by atoms with Crippen LogP contribution in [0.4, 0.5) is 0 Å². The fourth-order valence-electron chi connectivity index (χ4n) is 5.14. The predicted molar refractivity (Wildman–Crippen MR) is 183 cm³/mol. The minimum Gasteiger partial charge on any atom is -0.456 e. The number of para-hydroxylation sites is 1. The molecule has 0 atom stereocenters. The van der Waals surface area contributed by atoms with E-state index in [1.165, 1.54) is 0 Å². The van der Waals surface area contributed by atoms with Gasteiger partial charge in [0.05, 0.1) is 35.6 Å². The molecule has 0 radical (unpaired) electrons. The van der Waals surface area contributed by atoms with Gasteiger partial charge in [0, 0.05) is 10.8 Å². The Balaban J connectivity index is 1.69. The topological polar surface area (TPSA) is 13.1 Å². The Labute approximate surface area is 285 Å². The van der Waals surface area contributed by atoms with Crippen molar-refractivity contribution in [3.8, 4) is 33.4 Å². The largest absolute Gasteiger partial charge is 0.456 e. The maximum atomic E-state index is 10.1. The third kappa shape index (κ3) is 3.72. The van der Waals surface area contributed by atoms with Crippen LogP contribution < -0.4 is 0 Å². The number of fused-ring (bicyclic) bond motifs is 6. The normalized spacial score (nSPS) is 20.2. The molecule has 0 spiro atoms. The van der Waals surface area contributed by atoms with E-state index >= 15 is 0 Å². The first kappa shape index (κ1) is 9.69. The van der Waals surface area contributed by atoms with Gasteiger partial charge in [-0.15, -0.1) is 0 Å². The number of hydrogen-bond acceptors (Lipinski definition) is 1. The molecule has 0 aliphatic heterocycles. The van der Waals surface area contributed by atoms with Crippen molar-refractivity contribution in [2.75, 3.05) is 0 Å². The van der Waals surface area contributed by atoms with Crippen LogP contribution in [0.25, 0.3) is 87.6 Å². The van der Waals surface area contributed by atoms with E-state index in [1.807, 2.05) is 0 Å². The van der Waals surface area contributed by atoms with E-state index in [2.05, 4.69) is 0 Å². The first-order valence-electron chi connectivity index (χ1n) is 25.7. The van der Waals surface area contributed by atoms with E-state index in [9.17, 15) is 11.0 Å². The second-order valence-electron chi connectivity index (χ2n) is 9.26. The highest BCUT2D eigenvalue weighted by molar-refractivity contribution is 6.22. The summed E-state index contributed by atoms with van der Waals surface area (Å²) in [4.78, 5) is 0. The zero-order chi connectivity index (χ0) is 51.0. The number of rotatable bonds is 3. The van der Waals surface area contributed by atoms with Gasteiger partial charge in [-0.1, -0.05) is 133 Å². The molecule has 8 aromatic carbocycles. The highest BCUT2D eigenvalue weighted by Crippen LogP contribution is 2.46. The molecule has 0 bridgehead atoms. The molecule has 0 N–H and O–H groups in total. The van der Waals surface area contributed by atoms with Crippen LogP contribution >= 0.6 is 0 Å². The Morgan fingerprint density at radius 1 is 0.349 bits per heavy atom. The molecule has 1 nitrogen and oxygen atoms in total. The molecule has 43 heavy (non-hydrogen) atoms. The highest BCUT2D eigenvalue weighted by Gasteiger charge is 2.19. The van der Waals surface area contributed by atoms with Crippen LogP contribution in [0.1, 0.15) is 35.6 Å². The Hall–Kier alpha value is -5.66. The van der Waals surface area contributed by atoms with Gasteiger partial charge in [0.25, 0.3) is 0 Å². The molecule has 1 aromatic heterocycles. The van der Waals surface area contributed by atoms with Gasteiger partial charge in [-0.2, -0.15) is 0 Å². The van der Waals surface area contributed by atoms with Gasteiger partial charge in [-0.3, -0.25) is 0 Å². The van der Waals surface area contributed by atoms with Crippen molar-refractivity contribution in [3.63, 3.8) is 0 Å². The lowest BCUT2D eigenvalue weighted by atomic mass is 9.84. The summed E-state index contributed by atoms with van der Waals surface area (Å²) in [7, 11) is 0. The number of hydrogen-bond donors (Lipinski definition) is 0. The minimum atomic E-state index is -1.07. The molecule has 200 valence electrons. The molecule has 0 aliphatic carbocycles. The Morgan fingerprint density at radius 3 is 1.77 bits per heavy atom. The summed E-state index contributed by atoms with van der Waals surface area (Å²) in [5, 5.41) is -5.15. The van der Waals surface area contributed by atoms with Gasteiger partial charge in [0.1, 0.15) is 11.2 Å². The van der Waals surface area contributed by atoms with Gasteiger partial charge < -0.3 is 4.42 Å². The lowest BCUT2D eigenvalue weighted by Crippen LogP contribution is -1.92. The molecule has 0 saturated heterocycles. The zero-order valence-electron chi connectivity index (χ0n) is 47.4. The standard InChI is InChI=1S/C42H26O/c1-2-12-28(13-3-1)41-35-17-6-7-18-36(35)42(30-22-23-34-33-16-8-9-20-39(33)43-40(34)26-30)38-25-29(21-24-37(38)41)32-19-10-14-27-11-4-5-15-31(27)32/h1-26H/i1D,2D,3D,4D,5D,6D,7D,8D,9D,10D,11D,12D,13D,14D,15D,16D,17D,18D,19D,20D,21D,22D,23D,24D,25D,26D. The number of furan rings is 1. The second kappa shape index (κ2) is 9.44. The molecule has 0 unspecified atom stereocenters. The molecule has 0 aliphatic rings. The lowest BCUT2D eigenvalue weighted by Gasteiger charge is -2.19. The molecule has 1 heteroatoms. The van der Waals surface area contributed by atoms with Crippen molar-refractivity contribution < 1.29 is 40.1 Å². The lowest BCUT2D eigenvalue weighted by molar-refractivity contribution is 0.669. The monoisotopic (exact) mass is 572 g/mol. The van der Waals surface area contributed by atoms with Crippen molar-refractivity contribution in [3.05, 3.63) is 157 Å². The summed E-state index contributed by atoms with van der Waals surface area (Å²) in [5.74, 6) is 0. The van der Waals surface area contributed by atoms with Crippen LogP contribution in [0.5, 0.6) is 0 Å². The van der Waals surface area contributed by atoms with Crippen LogP contribution in [-0.4, -0.2) is 0 Å². The van der Waals surface area contributed by atoms with Crippen LogP contribution in [0, 0.1) is 0 Å². The summed E-state index contributed by atoms with van der Waals surface area (Å²) in [6, 6.07) is -23.9. The fourth-order valence-corrected chi connectivity index (χ4v) is 5.14. The van der Waals surface area contributed by atoms with E-state index in [1.54, 1.807) is 0 Å². The van der Waals surface area contributed by atoms with Crippen molar-refractivity contribution in [2.24, 2.45) is 0 Å². The highest BCUT2D eigenvalue weighted by atomic mass is 16.3. The summed E-state index contributed by atoms with van der Waals surface area (Å²) >= 11 is 0. The first-order valence-corrected chi connectivity index (χ1v) is 12.7. The van der Waals surface area contributed by atoms with Crippen LogP contribution in [0.15, 0.2) is 162 Å². The van der Waals surface area contributed by atoms with Crippen LogP contribution in [0.3, 0.4) is 0 Å². The third-order valence-electron chi connectivity index (χ3n) is 6.95. The molecular weight excluding hydrogens is 520 g/mol. The van der Waals surface area contributed by atoms with Gasteiger partial charge >= 0.3 is 0 Å². The Bertz CT molecular complexity index is 3930. The summed E-state index contributed by atoms with van der Waals surface area (Å²) in [6.45, 7) is 0. The molecule has 9 rings (SSSR count). The van der Waals surface area contributed by atoms with Crippen LogP contribution in [0.2, 0.25) is 0 Å². The van der Waals surface area contributed by atoms with Crippen molar-refractivity contribution in [1.29, 1.82) is 0 Å². The minimum absolute atomic E-state index is 0.401. The van der Waals surface area contributed by atoms with Gasteiger partial charge in [-0.05, 0) is 89.9 Å². The summed E-state index contributed by atoms with van der Waals surface area (Å²) in [5.41, 5.74) is -5.89. The van der Waals surface area contributed by atoms with E-state index in [0.29, 0.717) is 0 Å². The number of benzene rings is 8. The average Bonchev–Trinajstić information content (AvgIpc) is 3.73. The maximum Gasteiger partial charge on any atom is 0.136 e. The van der Waals surface area contributed by atoms with Crippen LogP contribution in [-0.2, 0) is 0 Å². The second-order valence-corrected chi connectivity index (χ2v) is 9.26. The molecule has 0 amide bonds. The van der Waals surface area contributed by atoms with E-state index in [0.717, 1.165) is 0 Å². The Morgan fingerprint density at radius 2 is 0.930 bits per heavy atom. The van der Waals surface area contributed by atoms with Gasteiger partial charge in [0.15, 0.2) is 0 Å². The molecule has 9 aromatic rings. The van der Waals surface area contributed by atoms with E-state index in [4.69, 9.17) is 29.1 Å². The fraction of sp³-hybridized carbons (Fsp3) is 0.